The Morgan fingerprint density at radius 3 is 2.59 bits per heavy atom. The van der Waals surface area contributed by atoms with Gasteiger partial charge in [-0.25, -0.2) is 0 Å². The van der Waals surface area contributed by atoms with E-state index in [9.17, 15) is 4.79 Å². The standard InChI is InChI=1S/C22H23ClN2O4/c1-12-7-17-14(10-24-12)8-16(22(26)25(17)15-5-6-29-11-15)20-13(2)18(27-3)9-19(28-4)21(20)23/h7-10,15H,5-6,11H2,1-4H3. The van der Waals surface area contributed by atoms with E-state index in [-0.39, 0.29) is 11.6 Å². The lowest BCUT2D eigenvalue weighted by molar-refractivity contribution is 0.186. The van der Waals surface area contributed by atoms with Gasteiger partial charge in [-0.15, -0.1) is 0 Å². The number of aromatic nitrogens is 2. The predicted octanol–water partition coefficient (Wildman–Crippen LogP) is 4.31. The summed E-state index contributed by atoms with van der Waals surface area (Å²) in [6, 6.07) is 5.50. The van der Waals surface area contributed by atoms with Gasteiger partial charge in [0.25, 0.3) is 5.56 Å². The molecule has 0 N–H and O–H groups in total. The van der Waals surface area contributed by atoms with E-state index in [0.29, 0.717) is 40.9 Å². The summed E-state index contributed by atoms with van der Waals surface area (Å²) in [5.41, 5.74) is 3.49. The third-order valence-electron chi connectivity index (χ3n) is 5.48. The van der Waals surface area contributed by atoms with Crippen LogP contribution >= 0.6 is 11.6 Å². The van der Waals surface area contributed by atoms with Gasteiger partial charge in [0.2, 0.25) is 0 Å². The van der Waals surface area contributed by atoms with Crippen LogP contribution < -0.4 is 15.0 Å². The third-order valence-corrected chi connectivity index (χ3v) is 5.86. The van der Waals surface area contributed by atoms with Gasteiger partial charge >= 0.3 is 0 Å². The Labute approximate surface area is 174 Å². The van der Waals surface area contributed by atoms with E-state index >= 15 is 0 Å². The highest BCUT2D eigenvalue weighted by molar-refractivity contribution is 6.35. The molecule has 3 aromatic rings. The maximum Gasteiger partial charge on any atom is 0.259 e. The van der Waals surface area contributed by atoms with Crippen molar-refractivity contribution in [1.82, 2.24) is 9.55 Å². The minimum absolute atomic E-state index is 0.0293. The Kier molecular flexibility index (Phi) is 5.23. The van der Waals surface area contributed by atoms with E-state index in [2.05, 4.69) is 4.98 Å². The number of halogens is 1. The van der Waals surface area contributed by atoms with Crippen molar-refractivity contribution < 1.29 is 14.2 Å². The average Bonchev–Trinajstić information content (AvgIpc) is 3.23. The van der Waals surface area contributed by atoms with Crippen LogP contribution in [-0.4, -0.2) is 37.0 Å². The summed E-state index contributed by atoms with van der Waals surface area (Å²) in [6.07, 6.45) is 2.58. The number of rotatable bonds is 4. The number of fused-ring (bicyclic) bond motifs is 1. The minimum Gasteiger partial charge on any atom is -0.496 e. The topological polar surface area (TPSA) is 62.6 Å². The molecule has 1 aliphatic rings. The Morgan fingerprint density at radius 2 is 1.93 bits per heavy atom. The van der Waals surface area contributed by atoms with Crippen molar-refractivity contribution in [2.24, 2.45) is 0 Å². The van der Waals surface area contributed by atoms with Crippen LogP contribution in [0.15, 0.2) is 29.2 Å². The minimum atomic E-state index is -0.112. The van der Waals surface area contributed by atoms with Crippen LogP contribution in [0, 0.1) is 13.8 Å². The molecule has 0 aliphatic carbocycles. The molecule has 0 bridgehead atoms. The molecule has 1 aromatic carbocycles. The number of hydrogen-bond donors (Lipinski definition) is 0. The second kappa shape index (κ2) is 7.69. The molecule has 6 nitrogen and oxygen atoms in total. The number of aryl methyl sites for hydroxylation is 1. The quantitative estimate of drug-likeness (QED) is 0.636. The van der Waals surface area contributed by atoms with E-state index in [0.717, 1.165) is 28.6 Å². The second-order valence-corrected chi connectivity index (χ2v) is 7.61. The van der Waals surface area contributed by atoms with Gasteiger partial charge in [-0.05, 0) is 32.4 Å². The van der Waals surface area contributed by atoms with Gasteiger partial charge in [0.15, 0.2) is 0 Å². The number of methoxy groups -OCH3 is 2. The van der Waals surface area contributed by atoms with E-state index < -0.39 is 0 Å². The van der Waals surface area contributed by atoms with Crippen molar-refractivity contribution in [1.29, 1.82) is 0 Å². The molecule has 4 rings (SSSR count). The maximum absolute atomic E-state index is 13.7. The molecule has 2 aromatic heterocycles. The van der Waals surface area contributed by atoms with Crippen molar-refractivity contribution in [3.8, 4) is 22.6 Å². The fourth-order valence-electron chi connectivity index (χ4n) is 3.98. The molecule has 29 heavy (non-hydrogen) atoms. The maximum atomic E-state index is 13.7. The van der Waals surface area contributed by atoms with Crippen LogP contribution in [0.25, 0.3) is 22.0 Å². The molecule has 1 fully saturated rings. The number of benzene rings is 1. The van der Waals surface area contributed by atoms with Gasteiger partial charge in [0, 0.05) is 46.6 Å². The van der Waals surface area contributed by atoms with Crippen LogP contribution in [0.1, 0.15) is 23.7 Å². The van der Waals surface area contributed by atoms with Crippen LogP contribution in [-0.2, 0) is 4.74 Å². The average molecular weight is 415 g/mol. The van der Waals surface area contributed by atoms with Crippen LogP contribution in [0.2, 0.25) is 5.02 Å². The second-order valence-electron chi connectivity index (χ2n) is 7.23. The molecular formula is C22H23ClN2O4. The predicted molar refractivity (Wildman–Crippen MR) is 114 cm³/mol. The fourth-order valence-corrected chi connectivity index (χ4v) is 4.36. The summed E-state index contributed by atoms with van der Waals surface area (Å²) < 4.78 is 18.3. The molecule has 152 valence electrons. The molecule has 0 radical (unpaired) electrons. The number of nitrogens with zero attached hydrogens (tertiary/aromatic N) is 2. The van der Waals surface area contributed by atoms with E-state index in [1.165, 1.54) is 0 Å². The summed E-state index contributed by atoms with van der Waals surface area (Å²) in [4.78, 5) is 18.2. The van der Waals surface area contributed by atoms with Crippen LogP contribution in [0.3, 0.4) is 0 Å². The molecule has 0 saturated carbocycles. The van der Waals surface area contributed by atoms with Gasteiger partial charge in [-0.2, -0.15) is 0 Å². The van der Waals surface area contributed by atoms with Crippen molar-refractivity contribution in [3.63, 3.8) is 0 Å². The number of pyridine rings is 2. The van der Waals surface area contributed by atoms with Crippen molar-refractivity contribution >= 4 is 22.5 Å². The van der Waals surface area contributed by atoms with Crippen molar-refractivity contribution in [2.75, 3.05) is 27.4 Å². The highest BCUT2D eigenvalue weighted by atomic mass is 35.5. The first-order valence-electron chi connectivity index (χ1n) is 9.47. The lowest BCUT2D eigenvalue weighted by atomic mass is 9.98. The highest BCUT2D eigenvalue weighted by Crippen LogP contribution is 2.42. The molecule has 0 spiro atoms. The molecule has 1 unspecified atom stereocenters. The van der Waals surface area contributed by atoms with Crippen LogP contribution in [0.4, 0.5) is 0 Å². The van der Waals surface area contributed by atoms with Gasteiger partial charge in [-0.1, -0.05) is 11.6 Å². The van der Waals surface area contributed by atoms with Gasteiger partial charge in [0.1, 0.15) is 11.5 Å². The molecule has 1 aliphatic heterocycles. The SMILES string of the molecule is COc1cc(OC)c(Cl)c(-c2cc3cnc(C)cc3n(C3CCOC3)c2=O)c1C. The smallest absolute Gasteiger partial charge is 0.259 e. The van der Waals surface area contributed by atoms with E-state index in [1.54, 1.807) is 26.5 Å². The van der Waals surface area contributed by atoms with Gasteiger partial charge in [-0.3, -0.25) is 9.78 Å². The fraction of sp³-hybridized carbons (Fsp3) is 0.364. The van der Waals surface area contributed by atoms with Crippen molar-refractivity contribution in [3.05, 3.63) is 51.0 Å². The Hall–Kier alpha value is -2.57. The number of ether oxygens (including phenoxy) is 3. The molecule has 7 heteroatoms. The highest BCUT2D eigenvalue weighted by Gasteiger charge is 2.25. The van der Waals surface area contributed by atoms with Gasteiger partial charge < -0.3 is 18.8 Å². The largest absolute Gasteiger partial charge is 0.496 e. The Bertz CT molecular complexity index is 1120. The Morgan fingerprint density at radius 1 is 1.17 bits per heavy atom. The lowest BCUT2D eigenvalue weighted by Crippen LogP contribution is -2.27. The summed E-state index contributed by atoms with van der Waals surface area (Å²) in [5.74, 6) is 1.07. The third kappa shape index (κ3) is 3.26. The summed E-state index contributed by atoms with van der Waals surface area (Å²) >= 11 is 6.67. The number of hydrogen-bond acceptors (Lipinski definition) is 5. The lowest BCUT2D eigenvalue weighted by Gasteiger charge is -2.20. The zero-order chi connectivity index (χ0) is 20.7. The zero-order valence-electron chi connectivity index (χ0n) is 16.9. The van der Waals surface area contributed by atoms with Crippen LogP contribution in [0.5, 0.6) is 11.5 Å². The first kappa shape index (κ1) is 19.7. The normalized spacial score (nSPS) is 16.4. The molecular weight excluding hydrogens is 392 g/mol. The molecule has 3 heterocycles. The molecule has 0 amide bonds. The summed E-state index contributed by atoms with van der Waals surface area (Å²) in [7, 11) is 3.13. The monoisotopic (exact) mass is 414 g/mol. The molecule has 1 atom stereocenters. The summed E-state index contributed by atoms with van der Waals surface area (Å²) in [6.45, 7) is 4.95. The summed E-state index contributed by atoms with van der Waals surface area (Å²) in [5, 5.41) is 1.26. The van der Waals surface area contributed by atoms with E-state index in [1.807, 2.05) is 30.5 Å². The Balaban J connectivity index is 2.10. The first-order valence-corrected chi connectivity index (χ1v) is 9.85. The van der Waals surface area contributed by atoms with Gasteiger partial charge in [0.05, 0.1) is 37.4 Å². The zero-order valence-corrected chi connectivity index (χ0v) is 17.7. The van der Waals surface area contributed by atoms with Crippen molar-refractivity contribution in [2.45, 2.75) is 26.3 Å². The molecule has 1 saturated heterocycles. The first-order chi connectivity index (χ1) is 14.0. The van der Waals surface area contributed by atoms with E-state index in [4.69, 9.17) is 25.8 Å².